The molecule has 3 aliphatic rings. The van der Waals surface area contributed by atoms with Gasteiger partial charge >= 0.3 is 0 Å². The van der Waals surface area contributed by atoms with E-state index in [0.717, 1.165) is 61.6 Å². The molecule has 1 aliphatic heterocycles. The zero-order valence-electron chi connectivity index (χ0n) is 22.4. The Morgan fingerprint density at radius 2 is 1.92 bits per heavy atom. The summed E-state index contributed by atoms with van der Waals surface area (Å²) >= 11 is 0. The second-order valence-corrected chi connectivity index (χ2v) is 11.3. The second-order valence-electron chi connectivity index (χ2n) is 11.3. The van der Waals surface area contributed by atoms with Crippen molar-refractivity contribution in [3.63, 3.8) is 0 Å². The van der Waals surface area contributed by atoms with Gasteiger partial charge in [0.25, 0.3) is 0 Å². The molecule has 3 fully saturated rings. The molecule has 3 heterocycles. The molecule has 2 aliphatic carbocycles. The van der Waals surface area contributed by atoms with Crippen LogP contribution in [0.5, 0.6) is 0 Å². The van der Waals surface area contributed by atoms with Crippen molar-refractivity contribution in [3.8, 4) is 0 Å². The van der Waals surface area contributed by atoms with Crippen molar-refractivity contribution in [1.82, 2.24) is 19.5 Å². The summed E-state index contributed by atoms with van der Waals surface area (Å²) in [7, 11) is 0. The van der Waals surface area contributed by atoms with Crippen LogP contribution in [0.25, 0.3) is 11.2 Å². The molecule has 3 N–H and O–H groups in total. The number of ether oxygens (including phenoxy) is 1. The lowest BCUT2D eigenvalue weighted by Gasteiger charge is -2.37. The normalized spacial score (nSPS) is 26.1. The quantitative estimate of drug-likeness (QED) is 0.446. The smallest absolute Gasteiger partial charge is 0.226 e. The number of hydrogen-bond donors (Lipinski definition) is 3. The van der Waals surface area contributed by atoms with Gasteiger partial charge in [-0.05, 0) is 56.8 Å². The van der Waals surface area contributed by atoms with Crippen molar-refractivity contribution in [1.29, 1.82) is 0 Å². The van der Waals surface area contributed by atoms with Gasteiger partial charge in [0.1, 0.15) is 5.52 Å². The van der Waals surface area contributed by atoms with E-state index in [1.165, 1.54) is 44.9 Å². The maximum Gasteiger partial charge on any atom is 0.226 e. The first kappa shape index (κ1) is 25.5. The lowest BCUT2D eigenvalue weighted by atomic mass is 9.80. The van der Waals surface area contributed by atoms with Gasteiger partial charge in [0, 0.05) is 25.7 Å². The van der Waals surface area contributed by atoms with Gasteiger partial charge in [0.2, 0.25) is 11.9 Å². The van der Waals surface area contributed by atoms with Gasteiger partial charge in [0.05, 0.1) is 25.9 Å². The number of aliphatic hydroxyl groups excluding tert-OH is 1. The molecule has 1 saturated heterocycles. The van der Waals surface area contributed by atoms with Crippen LogP contribution in [0.3, 0.4) is 0 Å². The molecule has 2 saturated carbocycles. The third kappa shape index (κ3) is 5.42. The van der Waals surface area contributed by atoms with Crippen LogP contribution >= 0.6 is 0 Å². The molecule has 2 atom stereocenters. The highest BCUT2D eigenvalue weighted by molar-refractivity contribution is 5.87. The molecule has 200 valence electrons. The highest BCUT2D eigenvalue weighted by atomic mass is 16.5. The lowest BCUT2D eigenvalue weighted by molar-refractivity contribution is 0.0916. The van der Waals surface area contributed by atoms with E-state index in [9.17, 15) is 5.11 Å². The monoisotopic (exact) mass is 499 g/mol. The Balaban J connectivity index is 1.58. The van der Waals surface area contributed by atoms with Crippen LogP contribution in [-0.4, -0.2) is 69.6 Å². The first-order valence-corrected chi connectivity index (χ1v) is 14.3. The first-order valence-electron chi connectivity index (χ1n) is 14.3. The number of imidazole rings is 1. The zero-order valence-corrected chi connectivity index (χ0v) is 22.4. The third-order valence-corrected chi connectivity index (χ3v) is 8.73. The predicted octanol–water partition coefficient (Wildman–Crippen LogP) is 4.27. The number of aromatic nitrogens is 4. The molecule has 0 aromatic carbocycles. The standard InChI is InChI=1S/C27H45N7O2/c1-4-22-17-36-15-13-33(22)27-32-25-23(34(27)16-20-10-8-18(2)9-11-20)24(29-19(3)21-6-5-7-21)30-26(31-25)28-12-14-35/h18-22,35H,4-17H2,1-3H3,(H2,28,29,30,31)/t18-,19-,20-,22-/m1/s1. The molecule has 0 spiro atoms. The molecular weight excluding hydrogens is 454 g/mol. The summed E-state index contributed by atoms with van der Waals surface area (Å²) in [5.41, 5.74) is 1.75. The minimum atomic E-state index is 0.0361. The SMILES string of the molecule is CC[C@@H]1COCCN1c1nc2nc(NCCO)nc(N[C@H](C)C3CCC3)c2n1C[C@H]1CC[C@H](C)CC1. The zero-order chi connectivity index (χ0) is 25.1. The number of fused-ring (bicyclic) bond motifs is 1. The molecule has 0 unspecified atom stereocenters. The number of morpholine rings is 1. The Labute approximate surface area is 215 Å². The van der Waals surface area contributed by atoms with Crippen LogP contribution in [0, 0.1) is 17.8 Å². The van der Waals surface area contributed by atoms with Gasteiger partial charge in [0.15, 0.2) is 11.5 Å². The summed E-state index contributed by atoms with van der Waals surface area (Å²) in [6, 6.07) is 0.655. The van der Waals surface area contributed by atoms with Crippen molar-refractivity contribution in [2.45, 2.75) is 90.8 Å². The Bertz CT molecular complexity index is 1000. The molecule has 5 rings (SSSR count). The van der Waals surface area contributed by atoms with Crippen LogP contribution in [0.4, 0.5) is 17.7 Å². The fourth-order valence-electron chi connectivity index (χ4n) is 6.06. The summed E-state index contributed by atoms with van der Waals surface area (Å²) in [6.07, 6.45) is 10.0. The van der Waals surface area contributed by atoms with Crippen molar-refractivity contribution in [2.75, 3.05) is 48.4 Å². The molecule has 0 amide bonds. The van der Waals surface area contributed by atoms with Gasteiger partial charge in [-0.2, -0.15) is 15.0 Å². The molecule has 9 nitrogen and oxygen atoms in total. The largest absolute Gasteiger partial charge is 0.395 e. The van der Waals surface area contributed by atoms with E-state index in [1.54, 1.807) is 0 Å². The Morgan fingerprint density at radius 1 is 1.11 bits per heavy atom. The van der Waals surface area contributed by atoms with Crippen LogP contribution in [0.2, 0.25) is 0 Å². The van der Waals surface area contributed by atoms with Crippen LogP contribution in [0.15, 0.2) is 0 Å². The predicted molar refractivity (Wildman–Crippen MR) is 145 cm³/mol. The maximum atomic E-state index is 9.37. The molecule has 0 bridgehead atoms. The Kier molecular flexibility index (Phi) is 8.15. The number of rotatable bonds is 10. The summed E-state index contributed by atoms with van der Waals surface area (Å²) < 4.78 is 8.26. The summed E-state index contributed by atoms with van der Waals surface area (Å²) in [5.74, 6) is 4.55. The molecule has 9 heteroatoms. The van der Waals surface area contributed by atoms with E-state index in [-0.39, 0.29) is 6.61 Å². The van der Waals surface area contributed by atoms with Gasteiger partial charge in [-0.15, -0.1) is 0 Å². The topological polar surface area (TPSA) is 100 Å². The van der Waals surface area contributed by atoms with Gasteiger partial charge < -0.3 is 29.9 Å². The highest BCUT2D eigenvalue weighted by Crippen LogP contribution is 2.37. The molecule has 2 aromatic heterocycles. The first-order chi connectivity index (χ1) is 17.6. The van der Waals surface area contributed by atoms with Crippen LogP contribution < -0.4 is 15.5 Å². The third-order valence-electron chi connectivity index (χ3n) is 8.73. The van der Waals surface area contributed by atoms with E-state index in [1.807, 2.05) is 0 Å². The van der Waals surface area contributed by atoms with Crippen molar-refractivity contribution >= 4 is 28.9 Å². The minimum absolute atomic E-state index is 0.0361. The number of nitrogens with zero attached hydrogens (tertiary/aromatic N) is 5. The number of aliphatic hydroxyl groups is 1. The Hall–Kier alpha value is -2.13. The minimum Gasteiger partial charge on any atom is -0.395 e. The van der Waals surface area contributed by atoms with E-state index < -0.39 is 0 Å². The second kappa shape index (κ2) is 11.5. The van der Waals surface area contributed by atoms with Gasteiger partial charge in [-0.3, -0.25) is 0 Å². The van der Waals surface area contributed by atoms with E-state index >= 15 is 0 Å². The van der Waals surface area contributed by atoms with E-state index in [0.29, 0.717) is 36.4 Å². The average Bonchev–Trinajstić information content (AvgIpc) is 3.21. The van der Waals surface area contributed by atoms with E-state index in [2.05, 4.69) is 40.9 Å². The fraction of sp³-hybridized carbons (Fsp3) is 0.815. The van der Waals surface area contributed by atoms with Crippen LogP contribution in [-0.2, 0) is 11.3 Å². The summed E-state index contributed by atoms with van der Waals surface area (Å²) in [4.78, 5) is 17.4. The number of nitrogens with one attached hydrogen (secondary N) is 2. The summed E-state index contributed by atoms with van der Waals surface area (Å²) in [6.45, 7) is 10.6. The maximum absolute atomic E-state index is 9.37. The van der Waals surface area contributed by atoms with Gasteiger partial charge in [-0.25, -0.2) is 0 Å². The summed E-state index contributed by atoms with van der Waals surface area (Å²) in [5, 5.41) is 16.3. The average molecular weight is 500 g/mol. The number of hydrogen-bond acceptors (Lipinski definition) is 8. The number of anilines is 3. The Morgan fingerprint density at radius 3 is 2.61 bits per heavy atom. The van der Waals surface area contributed by atoms with Crippen molar-refractivity contribution in [3.05, 3.63) is 0 Å². The molecular formula is C27H45N7O2. The fourth-order valence-corrected chi connectivity index (χ4v) is 6.06. The van der Waals surface area contributed by atoms with Crippen molar-refractivity contribution < 1.29 is 9.84 Å². The van der Waals surface area contributed by atoms with Gasteiger partial charge in [-0.1, -0.05) is 33.1 Å². The van der Waals surface area contributed by atoms with E-state index in [4.69, 9.17) is 19.7 Å². The van der Waals surface area contributed by atoms with Crippen LogP contribution in [0.1, 0.15) is 72.1 Å². The van der Waals surface area contributed by atoms with Crippen molar-refractivity contribution in [2.24, 2.45) is 17.8 Å². The molecule has 2 aromatic rings. The molecule has 0 radical (unpaired) electrons. The molecule has 36 heavy (non-hydrogen) atoms. The lowest BCUT2D eigenvalue weighted by Crippen LogP contribution is -2.46. The highest BCUT2D eigenvalue weighted by Gasteiger charge is 2.31.